The molecule has 8 N–H and O–H groups in total. The summed E-state index contributed by atoms with van der Waals surface area (Å²) < 4.78 is 65.5. The zero-order valence-corrected chi connectivity index (χ0v) is 18.6. The summed E-state index contributed by atoms with van der Waals surface area (Å²) in [4.78, 5) is 57.5. The van der Waals surface area contributed by atoms with E-state index in [-0.39, 0.29) is 17.1 Å². The highest BCUT2D eigenvalue weighted by molar-refractivity contribution is 7.66. The Labute approximate surface area is 181 Å². The van der Waals surface area contributed by atoms with Gasteiger partial charge in [0.05, 0.1) is 25.7 Å². The van der Waals surface area contributed by atoms with Gasteiger partial charge in [0.25, 0.3) is 5.56 Å². The normalized spacial score (nSPS) is 27.5. The third-order valence-electron chi connectivity index (χ3n) is 4.24. The Morgan fingerprint density at radius 1 is 1.21 bits per heavy atom. The summed E-state index contributed by atoms with van der Waals surface area (Å²) in [5.74, 6) is -1.65. The van der Waals surface area contributed by atoms with Crippen LogP contribution in [0.3, 0.4) is 0 Å². The summed E-state index contributed by atoms with van der Waals surface area (Å²) in [7, 11) is -16.8. The fraction of sp³-hybridized carbons (Fsp3) is 0.545. The number of H-pyrrole nitrogens is 1. The maximum Gasteiger partial charge on any atom is 0.490 e. The first-order valence-corrected chi connectivity index (χ1v) is 13.0. The van der Waals surface area contributed by atoms with Gasteiger partial charge in [-0.15, -0.1) is 0 Å². The van der Waals surface area contributed by atoms with Crippen molar-refractivity contribution in [3.05, 3.63) is 16.7 Å². The Bertz CT molecular complexity index is 1230. The van der Waals surface area contributed by atoms with Gasteiger partial charge in [0.15, 0.2) is 17.4 Å². The molecule has 1 fully saturated rings. The maximum atomic E-state index is 13.6. The fourth-order valence-electron chi connectivity index (χ4n) is 2.98. The molecule has 0 radical (unpaired) electrons. The summed E-state index contributed by atoms with van der Waals surface area (Å²) in [6.07, 6.45) is -3.40. The molecule has 0 aliphatic carbocycles. The molecule has 22 heteroatoms. The minimum atomic E-state index is -5.75. The molecule has 1 saturated heterocycles. The largest absolute Gasteiger partial charge is 0.490 e. The second-order valence-electron chi connectivity index (χ2n) is 6.54. The number of nitrogen functional groups attached to an aromatic ring is 1. The summed E-state index contributed by atoms with van der Waals surface area (Å²) in [6.45, 7) is -2.21. The molecule has 0 saturated carbocycles. The van der Waals surface area contributed by atoms with Crippen molar-refractivity contribution in [2.75, 3.05) is 19.0 Å². The van der Waals surface area contributed by atoms with Crippen LogP contribution in [-0.2, 0) is 31.6 Å². The van der Waals surface area contributed by atoms with Crippen LogP contribution in [0.25, 0.3) is 11.2 Å². The van der Waals surface area contributed by atoms with Crippen molar-refractivity contribution in [1.29, 1.82) is 0 Å². The minimum absolute atomic E-state index is 0.119. The predicted molar refractivity (Wildman–Crippen MR) is 102 cm³/mol. The lowest BCUT2D eigenvalue weighted by molar-refractivity contribution is -0.0487. The number of hydrogen-bond donors (Lipinski definition) is 7. The predicted octanol–water partition coefficient (Wildman–Crippen LogP) is -1.11. The molecule has 18 nitrogen and oxygen atoms in total. The zero-order valence-electron chi connectivity index (χ0n) is 15.9. The number of aliphatic hydroxyl groups is 1. The number of nitrogens with two attached hydrogens (primary N) is 1. The van der Waals surface area contributed by atoms with E-state index in [1.165, 1.54) is 0 Å². The number of hydrogen-bond acceptors (Lipinski definition) is 12. The van der Waals surface area contributed by atoms with Crippen LogP contribution in [0.5, 0.6) is 0 Å². The van der Waals surface area contributed by atoms with E-state index in [1.54, 1.807) is 0 Å². The van der Waals surface area contributed by atoms with Crippen molar-refractivity contribution in [3.8, 4) is 0 Å². The Morgan fingerprint density at radius 3 is 2.48 bits per heavy atom. The number of aromatic amines is 1. The summed E-state index contributed by atoms with van der Waals surface area (Å²) in [5.41, 5.74) is 4.49. The first-order chi connectivity index (χ1) is 15.1. The lowest BCUT2D eigenvalue weighted by Gasteiger charge is -2.19. The fourth-order valence-corrected chi connectivity index (χ4v) is 6.01. The van der Waals surface area contributed by atoms with Gasteiger partial charge >= 0.3 is 23.5 Å². The molecule has 0 bridgehead atoms. The highest BCUT2D eigenvalue weighted by Gasteiger charge is 2.47. The average molecular weight is 539 g/mol. The van der Waals surface area contributed by atoms with Crippen molar-refractivity contribution in [3.63, 3.8) is 0 Å². The van der Waals surface area contributed by atoms with Gasteiger partial charge < -0.3 is 35.2 Å². The number of rotatable bonds is 9. The van der Waals surface area contributed by atoms with Gasteiger partial charge in [-0.25, -0.2) is 18.7 Å². The number of aliphatic hydroxyl groups excluding tert-OH is 1. The number of alkyl halides is 1. The zero-order chi connectivity index (χ0) is 24.8. The number of aromatic nitrogens is 4. The number of ether oxygens (including phenoxy) is 1. The van der Waals surface area contributed by atoms with Crippen LogP contribution < -0.4 is 11.3 Å². The number of phosphoric ester groups is 1. The number of imidazole rings is 1. The number of nitrogens with one attached hydrogen (secondary N) is 1. The van der Waals surface area contributed by atoms with E-state index in [0.717, 1.165) is 10.9 Å². The molecule has 0 aromatic carbocycles. The standard InChI is InChI=1S/C11H17FN5O13P3/c12-1-4-5(2-27-32(23,24)30-33(25,26)29-31(20,21)22)28-10(7(4)18)17-3-14-6-8(17)15-11(13)16-9(6)19/h3-5,7,10,18H,1-2H2,(H,23,24)(H,25,26)(H2,20,21,22)(H3,13,15,16,19)/t4-,5-,7-,10-/m1/s1. The monoisotopic (exact) mass is 539 g/mol. The smallest absolute Gasteiger partial charge is 0.388 e. The van der Waals surface area contributed by atoms with E-state index < -0.39 is 66.7 Å². The van der Waals surface area contributed by atoms with Gasteiger partial charge in [-0.3, -0.25) is 23.3 Å². The van der Waals surface area contributed by atoms with Crippen molar-refractivity contribution in [2.24, 2.45) is 5.92 Å². The minimum Gasteiger partial charge on any atom is -0.388 e. The summed E-state index contributed by atoms with van der Waals surface area (Å²) in [6, 6.07) is 0. The van der Waals surface area contributed by atoms with Crippen molar-refractivity contribution in [2.45, 2.75) is 18.4 Å². The van der Waals surface area contributed by atoms with Crippen LogP contribution in [0.1, 0.15) is 6.23 Å². The van der Waals surface area contributed by atoms with Crippen molar-refractivity contribution >= 4 is 40.6 Å². The van der Waals surface area contributed by atoms with E-state index in [1.807, 2.05) is 0 Å². The molecule has 6 atom stereocenters. The van der Waals surface area contributed by atoms with Gasteiger partial charge in [-0.2, -0.15) is 13.6 Å². The molecular formula is C11H17FN5O13P3. The molecule has 33 heavy (non-hydrogen) atoms. The number of nitrogens with zero attached hydrogens (tertiary/aromatic N) is 3. The first kappa shape index (κ1) is 26.0. The Balaban J connectivity index is 1.76. The Kier molecular flexibility index (Phi) is 7.27. The second-order valence-corrected chi connectivity index (χ2v) is 11.0. The van der Waals surface area contributed by atoms with Gasteiger partial charge in [0.2, 0.25) is 5.95 Å². The molecule has 3 rings (SSSR count). The number of anilines is 1. The SMILES string of the molecule is Nc1nc2c(ncn2[C@@H]2O[C@H](COP(=O)(O)OP(=O)(O)OP(=O)(O)O)[C@@H](CF)[C@H]2O)c(=O)[nH]1. The molecule has 1 aliphatic rings. The van der Waals surface area contributed by atoms with Crippen LogP contribution in [0, 0.1) is 5.92 Å². The van der Waals surface area contributed by atoms with Crippen molar-refractivity contribution < 1.29 is 60.6 Å². The highest BCUT2D eigenvalue weighted by Crippen LogP contribution is 2.66. The molecule has 3 heterocycles. The number of halogens is 1. The molecule has 1 aliphatic heterocycles. The third-order valence-corrected chi connectivity index (χ3v) is 8.05. The highest BCUT2D eigenvalue weighted by atomic mass is 31.3. The molecule has 2 unspecified atom stereocenters. The van der Waals surface area contributed by atoms with Crippen LogP contribution in [0.4, 0.5) is 10.3 Å². The van der Waals surface area contributed by atoms with E-state index >= 15 is 0 Å². The maximum absolute atomic E-state index is 13.6. The molecular weight excluding hydrogens is 522 g/mol. The van der Waals surface area contributed by atoms with E-state index in [9.17, 15) is 32.9 Å². The Hall–Kier alpha value is -1.59. The second kappa shape index (κ2) is 9.22. The molecule has 0 amide bonds. The third kappa shape index (κ3) is 6.10. The van der Waals surface area contributed by atoms with Crippen LogP contribution in [0.15, 0.2) is 11.1 Å². The number of fused-ring (bicyclic) bond motifs is 1. The topological polar surface area (TPSA) is 279 Å². The van der Waals surface area contributed by atoms with E-state index in [4.69, 9.17) is 25.2 Å². The van der Waals surface area contributed by atoms with Gasteiger partial charge in [-0.1, -0.05) is 0 Å². The van der Waals surface area contributed by atoms with Gasteiger partial charge in [-0.05, 0) is 0 Å². The summed E-state index contributed by atoms with van der Waals surface area (Å²) in [5, 5.41) is 10.5. The van der Waals surface area contributed by atoms with Crippen molar-refractivity contribution in [1.82, 2.24) is 19.5 Å². The molecule has 186 valence electrons. The quantitative estimate of drug-likeness (QED) is 0.186. The molecule has 0 spiro atoms. The van der Waals surface area contributed by atoms with Crippen LogP contribution >= 0.6 is 23.5 Å². The first-order valence-electron chi connectivity index (χ1n) is 8.52. The van der Waals surface area contributed by atoms with E-state index in [2.05, 4.69) is 28.1 Å². The lowest BCUT2D eigenvalue weighted by Crippen LogP contribution is -2.30. The molecule has 2 aromatic heterocycles. The Morgan fingerprint density at radius 2 is 1.88 bits per heavy atom. The van der Waals surface area contributed by atoms with Gasteiger partial charge in [0.1, 0.15) is 6.10 Å². The molecule has 2 aromatic rings. The average Bonchev–Trinajstić information content (AvgIpc) is 3.17. The van der Waals surface area contributed by atoms with E-state index in [0.29, 0.717) is 0 Å². The number of phosphoric acid groups is 3. The van der Waals surface area contributed by atoms with Crippen LogP contribution in [-0.4, -0.2) is 69.7 Å². The summed E-state index contributed by atoms with van der Waals surface area (Å²) >= 11 is 0. The van der Waals surface area contributed by atoms with Crippen LogP contribution in [0.2, 0.25) is 0 Å². The lowest BCUT2D eigenvalue weighted by atomic mass is 10.0. The van der Waals surface area contributed by atoms with Gasteiger partial charge in [0, 0.05) is 5.92 Å².